The quantitative estimate of drug-likeness (QED) is 0.847. The van der Waals surface area contributed by atoms with Crippen molar-refractivity contribution in [3.8, 4) is 0 Å². The summed E-state index contributed by atoms with van der Waals surface area (Å²) in [6.45, 7) is 0. The number of hydrogen-bond donors (Lipinski definition) is 1. The van der Waals surface area contributed by atoms with Crippen molar-refractivity contribution in [2.24, 2.45) is 0 Å². The van der Waals surface area contributed by atoms with E-state index in [0.29, 0.717) is 16.8 Å². The van der Waals surface area contributed by atoms with Crippen molar-refractivity contribution in [2.75, 3.05) is 12.4 Å². The third-order valence-corrected chi connectivity index (χ3v) is 3.25. The van der Waals surface area contributed by atoms with Gasteiger partial charge in [-0.15, -0.1) is 0 Å². The van der Waals surface area contributed by atoms with Gasteiger partial charge in [0.1, 0.15) is 5.69 Å². The predicted octanol–water partition coefficient (Wildman–Crippen LogP) is 1.56. The monoisotopic (exact) mass is 281 g/mol. The Morgan fingerprint density at radius 3 is 2.57 bits per heavy atom. The third kappa shape index (κ3) is 2.16. The minimum absolute atomic E-state index is 0.275. The highest BCUT2D eigenvalue weighted by atomic mass is 16.2. The average molecular weight is 281 g/mol. The molecule has 0 radical (unpaired) electrons. The summed E-state index contributed by atoms with van der Waals surface area (Å²) >= 11 is 0. The molecule has 0 fully saturated rings. The molecule has 3 amide bonds. The van der Waals surface area contributed by atoms with Crippen LogP contribution in [0.15, 0.2) is 42.6 Å². The van der Waals surface area contributed by atoms with Crippen LogP contribution in [0.25, 0.3) is 0 Å². The van der Waals surface area contributed by atoms with Crippen LogP contribution in [0.1, 0.15) is 31.2 Å². The summed E-state index contributed by atoms with van der Waals surface area (Å²) < 4.78 is 0. The van der Waals surface area contributed by atoms with Crippen molar-refractivity contribution in [3.63, 3.8) is 0 Å². The smallest absolute Gasteiger partial charge is 0.274 e. The Balaban J connectivity index is 1.88. The highest BCUT2D eigenvalue weighted by Crippen LogP contribution is 2.24. The highest BCUT2D eigenvalue weighted by Gasteiger charge is 2.32. The Morgan fingerprint density at radius 2 is 1.86 bits per heavy atom. The van der Waals surface area contributed by atoms with E-state index in [9.17, 15) is 14.4 Å². The van der Waals surface area contributed by atoms with Crippen LogP contribution in [-0.2, 0) is 0 Å². The lowest BCUT2D eigenvalue weighted by atomic mass is 10.1. The second-order valence-electron chi connectivity index (χ2n) is 4.60. The number of amides is 3. The molecule has 0 atom stereocenters. The molecule has 0 saturated carbocycles. The van der Waals surface area contributed by atoms with E-state index in [4.69, 9.17) is 0 Å². The van der Waals surface area contributed by atoms with Crippen molar-refractivity contribution in [1.82, 2.24) is 9.88 Å². The van der Waals surface area contributed by atoms with E-state index in [1.54, 1.807) is 24.3 Å². The van der Waals surface area contributed by atoms with Crippen LogP contribution < -0.4 is 5.32 Å². The number of nitrogens with one attached hydrogen (secondary N) is 1. The van der Waals surface area contributed by atoms with Gasteiger partial charge in [-0.05, 0) is 30.3 Å². The lowest BCUT2D eigenvalue weighted by molar-refractivity contribution is 0.0692. The molecular formula is C15H11N3O3. The number of hydrogen-bond acceptors (Lipinski definition) is 4. The molecule has 2 heterocycles. The molecule has 3 rings (SSSR count). The molecule has 0 spiro atoms. The van der Waals surface area contributed by atoms with E-state index in [1.165, 1.54) is 25.4 Å². The first-order chi connectivity index (χ1) is 10.1. The van der Waals surface area contributed by atoms with Crippen LogP contribution in [0.4, 0.5) is 5.69 Å². The lowest BCUT2D eigenvalue weighted by Gasteiger charge is -2.05. The minimum atomic E-state index is -0.374. The van der Waals surface area contributed by atoms with Crippen LogP contribution in [0.3, 0.4) is 0 Å². The van der Waals surface area contributed by atoms with Crippen molar-refractivity contribution in [3.05, 3.63) is 59.4 Å². The first-order valence-electron chi connectivity index (χ1n) is 6.27. The van der Waals surface area contributed by atoms with Gasteiger partial charge in [-0.25, -0.2) is 0 Å². The summed E-state index contributed by atoms with van der Waals surface area (Å²) in [5, 5.41) is 2.65. The summed E-state index contributed by atoms with van der Waals surface area (Å²) in [6, 6.07) is 9.64. The molecule has 104 valence electrons. The number of benzene rings is 1. The SMILES string of the molecule is CN1C(=O)c2ccc(NC(=O)c3ccccn3)cc2C1=O. The van der Waals surface area contributed by atoms with Gasteiger partial charge >= 0.3 is 0 Å². The fourth-order valence-electron chi connectivity index (χ4n) is 2.13. The van der Waals surface area contributed by atoms with Crippen LogP contribution in [0.5, 0.6) is 0 Å². The first kappa shape index (κ1) is 13.0. The summed E-state index contributed by atoms with van der Waals surface area (Å²) in [6.07, 6.45) is 1.52. The van der Waals surface area contributed by atoms with Gasteiger partial charge in [-0.1, -0.05) is 6.07 Å². The maximum absolute atomic E-state index is 12.0. The number of anilines is 1. The van der Waals surface area contributed by atoms with Crippen LogP contribution >= 0.6 is 0 Å². The lowest BCUT2D eigenvalue weighted by Crippen LogP contribution is -2.24. The van der Waals surface area contributed by atoms with Crippen LogP contribution in [0, 0.1) is 0 Å². The molecule has 0 unspecified atom stereocenters. The fraction of sp³-hybridized carbons (Fsp3) is 0.0667. The number of aromatic nitrogens is 1. The van der Waals surface area contributed by atoms with Crippen molar-refractivity contribution >= 4 is 23.4 Å². The Bertz CT molecular complexity index is 756. The van der Waals surface area contributed by atoms with Gasteiger partial charge in [0.2, 0.25) is 0 Å². The summed E-state index contributed by atoms with van der Waals surface area (Å²) in [4.78, 5) is 40.6. The number of fused-ring (bicyclic) bond motifs is 1. The average Bonchev–Trinajstić information content (AvgIpc) is 2.73. The second kappa shape index (κ2) is 4.82. The van der Waals surface area contributed by atoms with Gasteiger partial charge in [0.25, 0.3) is 17.7 Å². The van der Waals surface area contributed by atoms with Crippen LogP contribution in [-0.4, -0.2) is 34.7 Å². The number of carbonyl (C=O) groups is 3. The summed E-state index contributed by atoms with van der Waals surface area (Å²) in [5.41, 5.74) is 1.36. The van der Waals surface area contributed by atoms with E-state index in [0.717, 1.165) is 4.90 Å². The van der Waals surface area contributed by atoms with E-state index in [1.807, 2.05) is 0 Å². The standard InChI is InChI=1S/C15H11N3O3/c1-18-14(20)10-6-5-9(8-11(10)15(18)21)17-13(19)12-4-2-3-7-16-12/h2-8H,1H3,(H,17,19). The summed E-state index contributed by atoms with van der Waals surface area (Å²) in [7, 11) is 1.43. The number of rotatable bonds is 2. The van der Waals surface area contributed by atoms with E-state index in [-0.39, 0.29) is 23.4 Å². The summed E-state index contributed by atoms with van der Waals surface area (Å²) in [5.74, 6) is -1.08. The number of carbonyl (C=O) groups excluding carboxylic acids is 3. The van der Waals surface area contributed by atoms with E-state index < -0.39 is 0 Å². The number of nitrogens with zero attached hydrogens (tertiary/aromatic N) is 2. The topological polar surface area (TPSA) is 79.4 Å². The number of imide groups is 1. The molecule has 1 aliphatic rings. The number of pyridine rings is 1. The van der Waals surface area contributed by atoms with Gasteiger partial charge in [0.05, 0.1) is 11.1 Å². The van der Waals surface area contributed by atoms with E-state index in [2.05, 4.69) is 10.3 Å². The van der Waals surface area contributed by atoms with E-state index >= 15 is 0 Å². The predicted molar refractivity (Wildman–Crippen MR) is 75.1 cm³/mol. The molecule has 6 heteroatoms. The molecule has 1 aromatic carbocycles. The Hall–Kier alpha value is -3.02. The zero-order valence-electron chi connectivity index (χ0n) is 11.2. The molecule has 1 aromatic heterocycles. The molecular weight excluding hydrogens is 270 g/mol. The highest BCUT2D eigenvalue weighted by molar-refractivity contribution is 6.21. The van der Waals surface area contributed by atoms with Crippen molar-refractivity contribution < 1.29 is 14.4 Å². The molecule has 1 N–H and O–H groups in total. The molecule has 2 aromatic rings. The zero-order valence-corrected chi connectivity index (χ0v) is 11.2. The Morgan fingerprint density at radius 1 is 1.10 bits per heavy atom. The minimum Gasteiger partial charge on any atom is -0.321 e. The zero-order chi connectivity index (χ0) is 15.0. The van der Waals surface area contributed by atoms with Crippen molar-refractivity contribution in [2.45, 2.75) is 0 Å². The van der Waals surface area contributed by atoms with Crippen molar-refractivity contribution in [1.29, 1.82) is 0 Å². The van der Waals surface area contributed by atoms with Gasteiger partial charge < -0.3 is 5.32 Å². The normalized spacial score (nSPS) is 13.3. The fourth-order valence-corrected chi connectivity index (χ4v) is 2.13. The second-order valence-corrected chi connectivity index (χ2v) is 4.60. The third-order valence-electron chi connectivity index (χ3n) is 3.25. The van der Waals surface area contributed by atoms with Gasteiger partial charge in [0, 0.05) is 18.9 Å². The molecule has 1 aliphatic heterocycles. The van der Waals surface area contributed by atoms with Gasteiger partial charge in [0.15, 0.2) is 0 Å². The maximum Gasteiger partial charge on any atom is 0.274 e. The maximum atomic E-state index is 12.0. The molecule has 21 heavy (non-hydrogen) atoms. The largest absolute Gasteiger partial charge is 0.321 e. The molecule has 0 bridgehead atoms. The van der Waals surface area contributed by atoms with Gasteiger partial charge in [-0.3, -0.25) is 24.3 Å². The Labute approximate surface area is 120 Å². The first-order valence-corrected chi connectivity index (χ1v) is 6.27. The molecule has 0 saturated heterocycles. The van der Waals surface area contributed by atoms with Crippen LogP contribution in [0.2, 0.25) is 0 Å². The van der Waals surface area contributed by atoms with Gasteiger partial charge in [-0.2, -0.15) is 0 Å². The Kier molecular flexibility index (Phi) is 2.98. The molecule has 6 nitrogen and oxygen atoms in total. The molecule has 0 aliphatic carbocycles.